The number of nitrogens with two attached hydrogens (primary N) is 1. The minimum Gasteiger partial charge on any atom is -0.479 e. The van der Waals surface area contributed by atoms with Gasteiger partial charge < -0.3 is 10.8 Å². The predicted molar refractivity (Wildman–Crippen MR) is 46.9 cm³/mol. The van der Waals surface area contributed by atoms with Crippen LogP contribution in [-0.4, -0.2) is 16.6 Å². The molecule has 1 atom stereocenters. The van der Waals surface area contributed by atoms with E-state index in [1.807, 2.05) is 0 Å². The van der Waals surface area contributed by atoms with E-state index in [1.54, 1.807) is 0 Å². The van der Waals surface area contributed by atoms with Crippen LogP contribution in [0.15, 0.2) is 24.3 Å². The van der Waals surface area contributed by atoms with Crippen LogP contribution in [0, 0.1) is 0 Å². The van der Waals surface area contributed by atoms with E-state index in [4.69, 9.17) is 16.7 Å². The third-order valence-electron chi connectivity index (χ3n) is 1.35. The van der Waals surface area contributed by atoms with Gasteiger partial charge >= 0.3 is 5.97 Å². The quantitative estimate of drug-likeness (QED) is 0.520. The number of carbonyl (C=O) groups is 1. The molecule has 0 radical (unpaired) electrons. The van der Waals surface area contributed by atoms with Gasteiger partial charge in [-0.15, -0.1) is 0 Å². The molecule has 12 heavy (non-hydrogen) atoms. The van der Waals surface area contributed by atoms with Crippen molar-refractivity contribution in [2.45, 2.75) is 5.50 Å². The first-order chi connectivity index (χ1) is 5.61. The van der Waals surface area contributed by atoms with Crippen molar-refractivity contribution in [3.8, 4) is 11.1 Å². The molecule has 0 aromatic carbocycles. The zero-order valence-electron chi connectivity index (χ0n) is 6.20. The lowest BCUT2D eigenvalue weighted by Crippen LogP contribution is -2.22. The molecule has 0 aliphatic heterocycles. The Hall–Kier alpha value is -1.06. The lowest BCUT2D eigenvalue weighted by atomic mass is 10.6. The van der Waals surface area contributed by atoms with Crippen molar-refractivity contribution in [1.29, 1.82) is 0 Å². The van der Waals surface area contributed by atoms with E-state index < -0.39 is 11.5 Å². The molecule has 2 aliphatic rings. The van der Waals surface area contributed by atoms with Gasteiger partial charge in [-0.25, -0.2) is 4.79 Å². The van der Waals surface area contributed by atoms with Crippen LogP contribution in [0.1, 0.15) is 0 Å². The van der Waals surface area contributed by atoms with Crippen molar-refractivity contribution in [3.63, 3.8) is 0 Å². The highest BCUT2D eigenvalue weighted by molar-refractivity contribution is 6.29. The van der Waals surface area contributed by atoms with E-state index in [2.05, 4.69) is 30.0 Å². The molecule has 0 saturated carbocycles. The first-order valence-electron chi connectivity index (χ1n) is 3.34. The second kappa shape index (κ2) is 3.56. The molecule has 0 aromatic rings. The Balaban J connectivity index is 0.000000120. The normalized spacial score (nSPS) is 12.5. The lowest BCUT2D eigenvalue weighted by Gasteiger charge is -1.87. The molecule has 0 saturated heterocycles. The van der Waals surface area contributed by atoms with Crippen molar-refractivity contribution >= 4 is 17.6 Å². The fourth-order valence-corrected chi connectivity index (χ4v) is 0.676. The van der Waals surface area contributed by atoms with Crippen molar-refractivity contribution in [2.24, 2.45) is 5.73 Å². The van der Waals surface area contributed by atoms with Crippen molar-refractivity contribution in [1.82, 2.24) is 0 Å². The Morgan fingerprint density at radius 1 is 1.50 bits per heavy atom. The van der Waals surface area contributed by atoms with Gasteiger partial charge in [0.25, 0.3) is 0 Å². The molecule has 64 valence electrons. The highest BCUT2D eigenvalue weighted by atomic mass is 35.5. The number of halogens is 1. The van der Waals surface area contributed by atoms with Crippen LogP contribution in [0.25, 0.3) is 11.1 Å². The van der Waals surface area contributed by atoms with E-state index in [0.717, 1.165) is 0 Å². The molecule has 0 fully saturated rings. The molecule has 0 heterocycles. The second-order valence-corrected chi connectivity index (χ2v) is 2.79. The molecule has 4 heteroatoms. The molecule has 2 aliphatic carbocycles. The summed E-state index contributed by atoms with van der Waals surface area (Å²) >= 11 is 4.79. The molecule has 0 aromatic heterocycles. The fraction of sp³-hybridized carbons (Fsp3) is 0.125. The molecular formula is C8H8ClNO2. The Morgan fingerprint density at radius 3 is 2.00 bits per heavy atom. The van der Waals surface area contributed by atoms with E-state index in [1.165, 1.54) is 11.1 Å². The maximum atomic E-state index is 9.44. The zero-order valence-corrected chi connectivity index (χ0v) is 6.95. The van der Waals surface area contributed by atoms with Crippen LogP contribution >= 0.6 is 11.6 Å². The number of benzene rings is 1. The summed E-state index contributed by atoms with van der Waals surface area (Å²) in [6.45, 7) is 0. The molecule has 3 nitrogen and oxygen atoms in total. The third kappa shape index (κ3) is 2.53. The summed E-state index contributed by atoms with van der Waals surface area (Å²) in [5, 5.41) is 7.73. The van der Waals surface area contributed by atoms with Gasteiger partial charge in [0.15, 0.2) is 5.50 Å². The molecule has 0 amide bonds. The van der Waals surface area contributed by atoms with Crippen molar-refractivity contribution < 1.29 is 9.90 Å². The molecule has 3 N–H and O–H groups in total. The largest absolute Gasteiger partial charge is 0.479 e. The van der Waals surface area contributed by atoms with Gasteiger partial charge in [0, 0.05) is 0 Å². The topological polar surface area (TPSA) is 63.3 Å². The van der Waals surface area contributed by atoms with Gasteiger partial charge in [-0.1, -0.05) is 29.8 Å². The summed E-state index contributed by atoms with van der Waals surface area (Å²) in [5.41, 5.74) is 6.19. The summed E-state index contributed by atoms with van der Waals surface area (Å²) in [7, 11) is 0. The van der Waals surface area contributed by atoms with E-state index in [-0.39, 0.29) is 0 Å². The van der Waals surface area contributed by atoms with E-state index in [9.17, 15) is 4.79 Å². The number of alkyl halides is 1. The zero-order chi connectivity index (χ0) is 9.14. The number of fused-ring (bicyclic) bond motifs is 1. The smallest absolute Gasteiger partial charge is 0.336 e. The lowest BCUT2D eigenvalue weighted by molar-refractivity contribution is -0.136. The van der Waals surface area contributed by atoms with Gasteiger partial charge in [-0.3, -0.25) is 0 Å². The van der Waals surface area contributed by atoms with Crippen LogP contribution in [0.3, 0.4) is 0 Å². The summed E-state index contributed by atoms with van der Waals surface area (Å²) in [5.74, 6) is -1.20. The fourth-order valence-electron chi connectivity index (χ4n) is 0.676. The standard InChI is InChI=1S/C6H4.C2H4ClNO2/c1-2-5-4-6(5)3-1;3-1(4)2(5)6/h1-4H;1H,4H2,(H,5,6). The maximum absolute atomic E-state index is 9.44. The highest BCUT2D eigenvalue weighted by Crippen LogP contribution is 2.32. The van der Waals surface area contributed by atoms with Crippen LogP contribution in [0.2, 0.25) is 0 Å². The number of hydrogen-bond donors (Lipinski definition) is 2. The Morgan fingerprint density at radius 2 is 1.92 bits per heavy atom. The SMILES string of the molecule is NC(Cl)C(=O)O.c1cc2cc-2c1. The Labute approximate surface area is 74.8 Å². The van der Waals surface area contributed by atoms with E-state index >= 15 is 0 Å². The summed E-state index contributed by atoms with van der Waals surface area (Å²) in [6, 6.07) is 8.48. The van der Waals surface area contributed by atoms with Crippen LogP contribution in [-0.2, 0) is 4.79 Å². The monoisotopic (exact) mass is 185 g/mol. The average molecular weight is 186 g/mol. The highest BCUT2D eigenvalue weighted by Gasteiger charge is 2.06. The number of carboxylic acids is 1. The van der Waals surface area contributed by atoms with Gasteiger partial charge in [-0.05, 0) is 17.2 Å². The average Bonchev–Trinajstić information content (AvgIpc) is 2.60. The minimum atomic E-state index is -1.26. The molecular weight excluding hydrogens is 178 g/mol. The van der Waals surface area contributed by atoms with Gasteiger partial charge in [0.05, 0.1) is 0 Å². The molecule has 0 bridgehead atoms. The second-order valence-electron chi connectivity index (χ2n) is 2.32. The van der Waals surface area contributed by atoms with E-state index in [0.29, 0.717) is 0 Å². The van der Waals surface area contributed by atoms with Gasteiger partial charge in [-0.2, -0.15) is 0 Å². The summed E-state index contributed by atoms with van der Waals surface area (Å²) in [6.07, 6.45) is 0. The first kappa shape index (κ1) is 9.03. The number of carboxylic acid groups (broad SMARTS) is 1. The third-order valence-corrected chi connectivity index (χ3v) is 1.54. The number of hydrogen-bond acceptors (Lipinski definition) is 2. The molecule has 0 spiro atoms. The minimum absolute atomic E-state index is 1.20. The van der Waals surface area contributed by atoms with Crippen LogP contribution in [0.5, 0.6) is 0 Å². The Bertz CT molecular complexity index is 282. The molecule has 2 rings (SSSR count). The molecule has 1 unspecified atom stereocenters. The van der Waals surface area contributed by atoms with Crippen molar-refractivity contribution in [3.05, 3.63) is 24.3 Å². The number of rotatable bonds is 1. The van der Waals surface area contributed by atoms with Gasteiger partial charge in [0.1, 0.15) is 0 Å². The summed E-state index contributed by atoms with van der Waals surface area (Å²) < 4.78 is 0. The van der Waals surface area contributed by atoms with Crippen LogP contribution < -0.4 is 5.73 Å². The number of aliphatic carboxylic acids is 1. The Kier molecular flexibility index (Phi) is 2.68. The predicted octanol–water partition coefficient (Wildman–Crippen LogP) is 1.26. The summed E-state index contributed by atoms with van der Waals surface area (Å²) in [4.78, 5) is 9.44. The van der Waals surface area contributed by atoms with Crippen molar-refractivity contribution in [2.75, 3.05) is 0 Å². The maximum Gasteiger partial charge on any atom is 0.336 e. The van der Waals surface area contributed by atoms with Crippen LogP contribution in [0.4, 0.5) is 0 Å². The van der Waals surface area contributed by atoms with Gasteiger partial charge in [0.2, 0.25) is 0 Å². The first-order valence-corrected chi connectivity index (χ1v) is 3.78.